The summed E-state index contributed by atoms with van der Waals surface area (Å²) in [5.74, 6) is -0.124. The molecule has 1 aliphatic carbocycles. The summed E-state index contributed by atoms with van der Waals surface area (Å²) in [4.78, 5) is 14.4. The lowest BCUT2D eigenvalue weighted by molar-refractivity contribution is -0.119. The van der Waals surface area contributed by atoms with E-state index in [9.17, 15) is 15.0 Å². The van der Waals surface area contributed by atoms with Gasteiger partial charge < -0.3 is 20.4 Å². The summed E-state index contributed by atoms with van der Waals surface area (Å²) < 4.78 is 0. The third-order valence-corrected chi connectivity index (χ3v) is 5.01. The Morgan fingerprint density at radius 2 is 2.04 bits per heavy atom. The second-order valence-electron chi connectivity index (χ2n) is 6.63. The molecule has 0 spiro atoms. The Morgan fingerprint density at radius 1 is 1.28 bits per heavy atom. The third-order valence-electron chi connectivity index (χ3n) is 4.78. The van der Waals surface area contributed by atoms with E-state index < -0.39 is 0 Å². The Kier molecular flexibility index (Phi) is 5.66. The average Bonchev–Trinajstić information content (AvgIpc) is 2.59. The molecular formula is C19H23ClN2O3. The van der Waals surface area contributed by atoms with Gasteiger partial charge in [-0.3, -0.25) is 4.79 Å². The van der Waals surface area contributed by atoms with Crippen molar-refractivity contribution in [2.45, 2.75) is 44.2 Å². The zero-order valence-electron chi connectivity index (χ0n) is 14.0. The summed E-state index contributed by atoms with van der Waals surface area (Å²) in [6.45, 7) is 0.745. The summed E-state index contributed by atoms with van der Waals surface area (Å²) in [5.41, 5.74) is 1.27. The van der Waals surface area contributed by atoms with Crippen LogP contribution in [0.15, 0.2) is 42.2 Å². The highest BCUT2D eigenvalue weighted by atomic mass is 35.5. The molecule has 1 saturated carbocycles. The number of aromatic hydroxyl groups is 1. The fraction of sp³-hybridized carbons (Fsp3) is 0.421. The number of carbonyl (C=O) groups is 1. The van der Waals surface area contributed by atoms with Crippen LogP contribution in [0, 0.1) is 0 Å². The minimum atomic E-state index is -0.192. The highest BCUT2D eigenvalue weighted by Gasteiger charge is 2.23. The van der Waals surface area contributed by atoms with Crippen LogP contribution in [0.5, 0.6) is 5.75 Å². The van der Waals surface area contributed by atoms with Crippen LogP contribution in [-0.2, 0) is 11.2 Å². The monoisotopic (exact) mass is 362 g/mol. The van der Waals surface area contributed by atoms with E-state index in [0.29, 0.717) is 16.6 Å². The summed E-state index contributed by atoms with van der Waals surface area (Å²) >= 11 is 5.90. The van der Waals surface area contributed by atoms with Crippen molar-refractivity contribution in [3.05, 3.63) is 52.8 Å². The quantitative estimate of drug-likeness (QED) is 0.770. The number of aliphatic hydroxyl groups is 1. The molecule has 0 bridgehead atoms. The number of benzene rings is 1. The number of phenols is 1. The molecule has 3 N–H and O–H groups in total. The van der Waals surface area contributed by atoms with E-state index in [4.69, 9.17) is 11.6 Å². The van der Waals surface area contributed by atoms with Gasteiger partial charge in [0, 0.05) is 35.1 Å². The zero-order valence-corrected chi connectivity index (χ0v) is 14.7. The zero-order chi connectivity index (χ0) is 17.8. The molecule has 0 saturated heterocycles. The standard InChI is InChI=1S/C19H23ClN2O3/c20-14-1-6-18(24)13(11-14)12-19(25)21-15-7-9-22(10-8-15)16-2-4-17(23)5-3-16/h1,6-9,11,16-17,23-24H,2-5,10,12H2,(H,21,25). The van der Waals surface area contributed by atoms with Gasteiger partial charge in [0.1, 0.15) is 5.75 Å². The average molecular weight is 363 g/mol. The lowest BCUT2D eigenvalue weighted by Gasteiger charge is -2.35. The van der Waals surface area contributed by atoms with E-state index in [2.05, 4.69) is 10.2 Å². The van der Waals surface area contributed by atoms with Crippen LogP contribution in [0.3, 0.4) is 0 Å². The number of nitrogens with zero attached hydrogens (tertiary/aromatic N) is 1. The molecule has 1 fully saturated rings. The maximum absolute atomic E-state index is 12.2. The number of allylic oxidation sites excluding steroid dienone is 1. The number of hydrogen-bond donors (Lipinski definition) is 3. The predicted octanol–water partition coefficient (Wildman–Crippen LogP) is 2.72. The van der Waals surface area contributed by atoms with Gasteiger partial charge in [0.05, 0.1) is 12.5 Å². The van der Waals surface area contributed by atoms with Gasteiger partial charge >= 0.3 is 0 Å². The number of carbonyl (C=O) groups excluding carboxylic acids is 1. The van der Waals surface area contributed by atoms with Crippen molar-refractivity contribution < 1.29 is 15.0 Å². The first-order chi connectivity index (χ1) is 12.0. The summed E-state index contributed by atoms with van der Waals surface area (Å²) in [6.07, 6.45) is 9.50. The molecule has 2 aliphatic rings. The first-order valence-electron chi connectivity index (χ1n) is 8.60. The van der Waals surface area contributed by atoms with E-state index in [1.165, 1.54) is 6.07 Å². The third kappa shape index (κ3) is 4.77. The summed E-state index contributed by atoms with van der Waals surface area (Å²) in [5, 5.41) is 22.7. The van der Waals surface area contributed by atoms with Crippen molar-refractivity contribution in [2.75, 3.05) is 6.54 Å². The molecular weight excluding hydrogens is 340 g/mol. The van der Waals surface area contributed by atoms with Gasteiger partial charge in [-0.1, -0.05) is 11.6 Å². The fourth-order valence-electron chi connectivity index (χ4n) is 3.34. The Morgan fingerprint density at radius 3 is 2.72 bits per heavy atom. The molecule has 5 nitrogen and oxygen atoms in total. The van der Waals surface area contributed by atoms with Crippen LogP contribution in [0.4, 0.5) is 0 Å². The van der Waals surface area contributed by atoms with Crippen molar-refractivity contribution >= 4 is 17.5 Å². The Balaban J connectivity index is 1.51. The van der Waals surface area contributed by atoms with Crippen molar-refractivity contribution in [2.24, 2.45) is 0 Å². The molecule has 3 rings (SSSR count). The van der Waals surface area contributed by atoms with Crippen LogP contribution in [0.1, 0.15) is 31.2 Å². The summed E-state index contributed by atoms with van der Waals surface area (Å²) in [7, 11) is 0. The number of nitrogens with one attached hydrogen (secondary N) is 1. The second-order valence-corrected chi connectivity index (χ2v) is 7.07. The predicted molar refractivity (Wildman–Crippen MR) is 97.2 cm³/mol. The molecule has 0 atom stereocenters. The highest BCUT2D eigenvalue weighted by molar-refractivity contribution is 6.30. The number of rotatable bonds is 4. The van der Waals surface area contributed by atoms with E-state index >= 15 is 0 Å². The lowest BCUT2D eigenvalue weighted by atomic mass is 9.92. The largest absolute Gasteiger partial charge is 0.508 e. The van der Waals surface area contributed by atoms with Crippen LogP contribution >= 0.6 is 11.6 Å². The Hall–Kier alpha value is -1.98. The topological polar surface area (TPSA) is 72.8 Å². The SMILES string of the molecule is O=C(Cc1cc(Cl)ccc1O)NC1=CCN(C2CCC(O)CC2)C=C1. The maximum Gasteiger partial charge on any atom is 0.228 e. The highest BCUT2D eigenvalue weighted by Crippen LogP contribution is 2.25. The van der Waals surface area contributed by atoms with E-state index in [0.717, 1.165) is 37.9 Å². The van der Waals surface area contributed by atoms with Gasteiger partial charge in [-0.15, -0.1) is 0 Å². The molecule has 1 aliphatic heterocycles. The van der Waals surface area contributed by atoms with Crippen LogP contribution in [0.25, 0.3) is 0 Å². The van der Waals surface area contributed by atoms with E-state index in [1.54, 1.807) is 12.1 Å². The smallest absolute Gasteiger partial charge is 0.228 e. The van der Waals surface area contributed by atoms with Gasteiger partial charge in [0.2, 0.25) is 5.91 Å². The lowest BCUT2D eigenvalue weighted by Crippen LogP contribution is -2.37. The molecule has 1 aromatic rings. The molecule has 25 heavy (non-hydrogen) atoms. The van der Waals surface area contributed by atoms with Crippen molar-refractivity contribution in [3.63, 3.8) is 0 Å². The van der Waals surface area contributed by atoms with E-state index in [-0.39, 0.29) is 24.2 Å². The molecule has 6 heteroatoms. The first-order valence-corrected chi connectivity index (χ1v) is 8.98. The first kappa shape index (κ1) is 17.8. The minimum absolute atomic E-state index is 0.0679. The molecule has 134 valence electrons. The van der Waals surface area contributed by atoms with Crippen LogP contribution in [0.2, 0.25) is 5.02 Å². The van der Waals surface area contributed by atoms with Gasteiger partial charge in [-0.05, 0) is 56.0 Å². The minimum Gasteiger partial charge on any atom is -0.508 e. The molecule has 1 aromatic carbocycles. The van der Waals surface area contributed by atoms with Gasteiger partial charge in [0.15, 0.2) is 0 Å². The van der Waals surface area contributed by atoms with Crippen LogP contribution in [-0.4, -0.2) is 39.7 Å². The Bertz CT molecular complexity index is 694. The van der Waals surface area contributed by atoms with E-state index in [1.807, 2.05) is 18.4 Å². The Labute approximate surface area is 152 Å². The molecule has 0 unspecified atom stereocenters. The number of hydrogen-bond acceptors (Lipinski definition) is 4. The van der Waals surface area contributed by atoms with Crippen molar-refractivity contribution in [1.82, 2.24) is 10.2 Å². The maximum atomic E-state index is 12.2. The van der Waals surface area contributed by atoms with Crippen molar-refractivity contribution in [3.8, 4) is 5.75 Å². The van der Waals surface area contributed by atoms with Crippen molar-refractivity contribution in [1.29, 1.82) is 0 Å². The second kappa shape index (κ2) is 7.93. The number of amides is 1. The van der Waals surface area contributed by atoms with Gasteiger partial charge in [-0.2, -0.15) is 0 Å². The normalized spacial score (nSPS) is 23.3. The number of phenolic OH excluding ortho intramolecular Hbond substituents is 1. The van der Waals surface area contributed by atoms with Gasteiger partial charge in [0.25, 0.3) is 0 Å². The number of halogens is 1. The molecule has 1 heterocycles. The molecule has 0 aromatic heterocycles. The van der Waals surface area contributed by atoms with Crippen LogP contribution < -0.4 is 5.32 Å². The van der Waals surface area contributed by atoms with Gasteiger partial charge in [-0.25, -0.2) is 0 Å². The molecule has 0 radical (unpaired) electrons. The summed E-state index contributed by atoms with van der Waals surface area (Å²) in [6, 6.07) is 5.13. The number of aliphatic hydroxyl groups excluding tert-OH is 1. The molecule has 1 amide bonds. The fourth-order valence-corrected chi connectivity index (χ4v) is 3.53.